The number of aromatic nitrogens is 2. The van der Waals surface area contributed by atoms with Crippen LogP contribution < -0.4 is 5.32 Å². The van der Waals surface area contributed by atoms with Gasteiger partial charge in [0.15, 0.2) is 0 Å². The fourth-order valence-electron chi connectivity index (χ4n) is 2.85. The first-order chi connectivity index (χ1) is 8.33. The van der Waals surface area contributed by atoms with Gasteiger partial charge >= 0.3 is 0 Å². The van der Waals surface area contributed by atoms with E-state index in [-0.39, 0.29) is 5.91 Å². The molecule has 1 amide bonds. The molecule has 3 rings (SSSR count). The Morgan fingerprint density at radius 3 is 2.88 bits per heavy atom. The molecule has 1 aromatic heterocycles. The third kappa shape index (κ3) is 2.15. The quantitative estimate of drug-likeness (QED) is 0.798. The molecule has 1 N–H and O–H groups in total. The van der Waals surface area contributed by atoms with Gasteiger partial charge < -0.3 is 5.32 Å². The Kier molecular flexibility index (Phi) is 2.76. The van der Waals surface area contributed by atoms with E-state index in [1.165, 1.54) is 6.42 Å². The van der Waals surface area contributed by atoms with Gasteiger partial charge in [0, 0.05) is 49.6 Å². The van der Waals surface area contributed by atoms with E-state index in [9.17, 15) is 4.79 Å². The van der Waals surface area contributed by atoms with Gasteiger partial charge in [0.25, 0.3) is 0 Å². The molecule has 5 nitrogen and oxygen atoms in total. The van der Waals surface area contributed by atoms with Crippen LogP contribution in [0.1, 0.15) is 24.8 Å². The minimum absolute atomic E-state index is 0.187. The average molecular weight is 232 g/mol. The third-order valence-electron chi connectivity index (χ3n) is 3.71. The van der Waals surface area contributed by atoms with E-state index in [2.05, 4.69) is 20.2 Å². The lowest BCUT2D eigenvalue weighted by Crippen LogP contribution is -2.37. The van der Waals surface area contributed by atoms with Crippen molar-refractivity contribution in [3.63, 3.8) is 0 Å². The molecule has 2 saturated heterocycles. The molecule has 5 heteroatoms. The highest BCUT2D eigenvalue weighted by molar-refractivity contribution is 5.77. The smallest absolute Gasteiger partial charge is 0.221 e. The molecule has 2 bridgehead atoms. The van der Waals surface area contributed by atoms with E-state index in [4.69, 9.17) is 0 Å². The summed E-state index contributed by atoms with van der Waals surface area (Å²) in [5.74, 6) is 0.187. The highest BCUT2D eigenvalue weighted by atomic mass is 16.1. The van der Waals surface area contributed by atoms with Gasteiger partial charge in [0.2, 0.25) is 5.91 Å². The largest absolute Gasteiger partial charge is 0.354 e. The minimum atomic E-state index is 0.187. The van der Waals surface area contributed by atoms with E-state index in [1.54, 1.807) is 6.33 Å². The van der Waals surface area contributed by atoms with E-state index in [0.717, 1.165) is 25.1 Å². The second-order valence-corrected chi connectivity index (χ2v) is 4.81. The number of rotatable bonds is 2. The summed E-state index contributed by atoms with van der Waals surface area (Å²) in [6, 6.07) is 0.870. The zero-order chi connectivity index (χ0) is 11.7. The molecule has 2 atom stereocenters. The Labute approximate surface area is 100 Å². The average Bonchev–Trinajstić information content (AvgIpc) is 2.62. The SMILES string of the molecule is O=C1C[C@H]2CC[C@@H](CN1)N2Cc1cncnc1. The summed E-state index contributed by atoms with van der Waals surface area (Å²) in [6.45, 7) is 1.63. The lowest BCUT2D eigenvalue weighted by Gasteiger charge is -2.26. The topological polar surface area (TPSA) is 58.1 Å². The molecule has 0 radical (unpaired) electrons. The Hall–Kier alpha value is -1.49. The molecular weight excluding hydrogens is 216 g/mol. The van der Waals surface area contributed by atoms with Crippen LogP contribution in [0.4, 0.5) is 0 Å². The summed E-state index contributed by atoms with van der Waals surface area (Å²) in [5, 5.41) is 2.98. The van der Waals surface area contributed by atoms with E-state index >= 15 is 0 Å². The fourth-order valence-corrected chi connectivity index (χ4v) is 2.85. The number of hydrogen-bond acceptors (Lipinski definition) is 4. The lowest BCUT2D eigenvalue weighted by atomic mass is 10.1. The first-order valence-electron chi connectivity index (χ1n) is 6.09. The van der Waals surface area contributed by atoms with Crippen LogP contribution in [0.2, 0.25) is 0 Å². The van der Waals surface area contributed by atoms with Crippen LogP contribution in [-0.2, 0) is 11.3 Å². The van der Waals surface area contributed by atoms with Crippen LogP contribution in [0.15, 0.2) is 18.7 Å². The van der Waals surface area contributed by atoms with Crippen LogP contribution in [0.3, 0.4) is 0 Å². The second kappa shape index (κ2) is 4.41. The molecular formula is C12H16N4O. The Balaban J connectivity index is 1.76. The van der Waals surface area contributed by atoms with Gasteiger partial charge in [-0.15, -0.1) is 0 Å². The Morgan fingerprint density at radius 2 is 2.06 bits per heavy atom. The van der Waals surface area contributed by atoms with Crippen LogP contribution in [-0.4, -0.2) is 39.4 Å². The van der Waals surface area contributed by atoms with Crippen molar-refractivity contribution in [1.82, 2.24) is 20.2 Å². The van der Waals surface area contributed by atoms with E-state index < -0.39 is 0 Å². The van der Waals surface area contributed by atoms with Crippen molar-refractivity contribution in [1.29, 1.82) is 0 Å². The second-order valence-electron chi connectivity index (χ2n) is 4.81. The number of nitrogens with one attached hydrogen (secondary N) is 1. The minimum Gasteiger partial charge on any atom is -0.354 e. The molecule has 90 valence electrons. The number of amides is 1. The lowest BCUT2D eigenvalue weighted by molar-refractivity contribution is -0.121. The van der Waals surface area contributed by atoms with Gasteiger partial charge in [-0.2, -0.15) is 0 Å². The Bertz CT molecular complexity index is 408. The maximum absolute atomic E-state index is 11.5. The normalized spacial score (nSPS) is 28.8. The van der Waals surface area contributed by atoms with Gasteiger partial charge in [-0.1, -0.05) is 0 Å². The molecule has 0 aromatic carbocycles. The molecule has 2 aliphatic rings. The Morgan fingerprint density at radius 1 is 1.29 bits per heavy atom. The zero-order valence-electron chi connectivity index (χ0n) is 9.67. The van der Waals surface area contributed by atoms with Gasteiger partial charge in [-0.05, 0) is 12.8 Å². The van der Waals surface area contributed by atoms with Gasteiger partial charge in [0.1, 0.15) is 6.33 Å². The highest BCUT2D eigenvalue weighted by Gasteiger charge is 2.37. The van der Waals surface area contributed by atoms with Crippen LogP contribution in [0.5, 0.6) is 0 Å². The van der Waals surface area contributed by atoms with Crippen molar-refractivity contribution in [3.05, 3.63) is 24.3 Å². The zero-order valence-corrected chi connectivity index (χ0v) is 9.67. The van der Waals surface area contributed by atoms with Crippen molar-refractivity contribution in [3.8, 4) is 0 Å². The van der Waals surface area contributed by atoms with Gasteiger partial charge in [0.05, 0.1) is 0 Å². The predicted octanol–water partition coefficient (Wildman–Crippen LogP) is 0.329. The van der Waals surface area contributed by atoms with Crippen LogP contribution in [0.25, 0.3) is 0 Å². The fraction of sp³-hybridized carbons (Fsp3) is 0.583. The molecule has 2 aliphatic heterocycles. The molecule has 0 aliphatic carbocycles. The molecule has 17 heavy (non-hydrogen) atoms. The first-order valence-corrected chi connectivity index (χ1v) is 6.09. The number of fused-ring (bicyclic) bond motifs is 2. The standard InChI is InChI=1S/C12H16N4O/c17-12-3-10-1-2-11(6-15-12)16(10)7-9-4-13-8-14-5-9/h4-5,8,10-11H,1-3,6-7H2,(H,15,17)/t10-,11+/m1/s1. The van der Waals surface area contributed by atoms with Gasteiger partial charge in [-0.25, -0.2) is 9.97 Å². The summed E-state index contributed by atoms with van der Waals surface area (Å²) in [6.07, 6.45) is 8.19. The number of carbonyl (C=O) groups is 1. The molecule has 1 aromatic rings. The molecule has 0 unspecified atom stereocenters. The highest BCUT2D eigenvalue weighted by Crippen LogP contribution is 2.29. The summed E-state index contributed by atoms with van der Waals surface area (Å²) in [4.78, 5) is 22.0. The van der Waals surface area contributed by atoms with Crippen molar-refractivity contribution < 1.29 is 4.79 Å². The number of hydrogen-bond donors (Lipinski definition) is 1. The third-order valence-corrected chi connectivity index (χ3v) is 3.71. The predicted molar refractivity (Wildman–Crippen MR) is 62.0 cm³/mol. The maximum atomic E-state index is 11.5. The van der Waals surface area contributed by atoms with Crippen LogP contribution >= 0.6 is 0 Å². The number of carbonyl (C=O) groups excluding carboxylic acids is 1. The first kappa shape index (κ1) is 10.7. The summed E-state index contributed by atoms with van der Waals surface area (Å²) in [5.41, 5.74) is 1.12. The van der Waals surface area contributed by atoms with Crippen molar-refractivity contribution in [2.45, 2.75) is 37.9 Å². The molecule has 0 saturated carbocycles. The monoisotopic (exact) mass is 232 g/mol. The van der Waals surface area contributed by atoms with Crippen molar-refractivity contribution in [2.75, 3.05) is 6.54 Å². The van der Waals surface area contributed by atoms with Gasteiger partial charge in [-0.3, -0.25) is 9.69 Å². The summed E-state index contributed by atoms with van der Waals surface area (Å²) < 4.78 is 0. The van der Waals surface area contributed by atoms with Crippen molar-refractivity contribution in [2.24, 2.45) is 0 Å². The van der Waals surface area contributed by atoms with Crippen molar-refractivity contribution >= 4 is 5.91 Å². The molecule has 3 heterocycles. The van der Waals surface area contributed by atoms with Crippen LogP contribution in [0, 0.1) is 0 Å². The van der Waals surface area contributed by atoms with E-state index in [1.807, 2.05) is 12.4 Å². The summed E-state index contributed by atoms with van der Waals surface area (Å²) >= 11 is 0. The number of nitrogens with zero attached hydrogens (tertiary/aromatic N) is 3. The maximum Gasteiger partial charge on any atom is 0.221 e. The molecule has 2 fully saturated rings. The molecule has 0 spiro atoms. The summed E-state index contributed by atoms with van der Waals surface area (Å²) in [7, 11) is 0. The van der Waals surface area contributed by atoms with E-state index in [0.29, 0.717) is 18.5 Å².